The van der Waals surface area contributed by atoms with Crippen LogP contribution in [0.4, 0.5) is 0 Å². The smallest absolute Gasteiger partial charge is 0.462 e. The molecule has 0 aromatic rings. The van der Waals surface area contributed by atoms with Crippen LogP contribution < -0.4 is 0 Å². The molecule has 3 unspecified atom stereocenters. The van der Waals surface area contributed by atoms with Crippen LogP contribution in [0.3, 0.4) is 0 Å². The molecule has 0 aliphatic rings. The van der Waals surface area contributed by atoms with E-state index in [0.29, 0.717) is 31.6 Å². The number of phosphoric ester groups is 2. The molecule has 19 heteroatoms. The Labute approximate surface area is 658 Å². The number of hydrogen-bond donors (Lipinski definition) is 3. The van der Waals surface area contributed by atoms with Gasteiger partial charge in [-0.15, -0.1) is 0 Å². The van der Waals surface area contributed by atoms with Crippen LogP contribution >= 0.6 is 15.6 Å². The average molecular weight is 1560 g/mol. The molecule has 636 valence electrons. The van der Waals surface area contributed by atoms with Crippen LogP contribution in [-0.2, 0) is 65.4 Å². The molecule has 0 saturated carbocycles. The van der Waals surface area contributed by atoms with Crippen molar-refractivity contribution >= 4 is 39.5 Å². The summed E-state index contributed by atoms with van der Waals surface area (Å²) in [4.78, 5) is 73.2. The van der Waals surface area contributed by atoms with E-state index in [1.54, 1.807) is 0 Å². The van der Waals surface area contributed by atoms with Gasteiger partial charge in [-0.25, -0.2) is 9.13 Å². The zero-order valence-electron chi connectivity index (χ0n) is 70.8. The predicted molar refractivity (Wildman–Crippen MR) is 441 cm³/mol. The van der Waals surface area contributed by atoms with Crippen molar-refractivity contribution in [1.29, 1.82) is 0 Å². The highest BCUT2D eigenvalue weighted by atomic mass is 31.2. The summed E-state index contributed by atoms with van der Waals surface area (Å²) in [6, 6.07) is 0. The summed E-state index contributed by atoms with van der Waals surface area (Å²) >= 11 is 0. The third kappa shape index (κ3) is 81.9. The maximum atomic E-state index is 13.2. The minimum atomic E-state index is -4.97. The molecule has 0 radical (unpaired) electrons. The van der Waals surface area contributed by atoms with E-state index in [9.17, 15) is 43.2 Å². The zero-order valence-corrected chi connectivity index (χ0v) is 72.6. The molecule has 0 aromatic heterocycles. The number of aliphatic hydroxyl groups is 1. The standard InChI is InChI=1S/C88H172O17P2/c1-78(2)64-56-48-40-34-28-22-16-11-9-10-12-19-25-31-37-43-52-60-68-85(90)98-74-83(104-87(92)70-62-54-44-38-32-26-20-14-13-17-23-29-35-41-49-57-65-79(3)4)76-102-106(94,95)100-72-82(89)73-101-107(96,97)103-77-84(75-99-86(91)69-61-53-47-46-51-59-67-81(7)8)105-88(93)71-63-55-45-39-33-27-21-15-18-24-30-36-42-50-58-66-80(5)6/h78-84,89H,9-77H2,1-8H3,(H,94,95)(H,96,97)/t82?,83-,84-/m1/s1. The summed E-state index contributed by atoms with van der Waals surface area (Å²) in [5.41, 5.74) is 0. The Morgan fingerprint density at radius 2 is 0.393 bits per heavy atom. The van der Waals surface area contributed by atoms with E-state index in [0.717, 1.165) is 114 Å². The fourth-order valence-electron chi connectivity index (χ4n) is 13.7. The van der Waals surface area contributed by atoms with Crippen molar-refractivity contribution in [3.8, 4) is 0 Å². The lowest BCUT2D eigenvalue weighted by molar-refractivity contribution is -0.161. The van der Waals surface area contributed by atoms with Crippen molar-refractivity contribution in [1.82, 2.24) is 0 Å². The quantitative estimate of drug-likeness (QED) is 0.0222. The van der Waals surface area contributed by atoms with Crippen LogP contribution in [-0.4, -0.2) is 96.7 Å². The summed E-state index contributed by atoms with van der Waals surface area (Å²) < 4.78 is 68.9. The molecule has 0 rings (SSSR count). The first kappa shape index (κ1) is 105. The number of esters is 4. The highest BCUT2D eigenvalue weighted by Crippen LogP contribution is 2.45. The topological polar surface area (TPSA) is 237 Å². The van der Waals surface area contributed by atoms with E-state index >= 15 is 0 Å². The average Bonchev–Trinajstić information content (AvgIpc) is 0.902. The summed E-state index contributed by atoms with van der Waals surface area (Å²) in [6.07, 6.45) is 66.9. The van der Waals surface area contributed by atoms with E-state index in [1.165, 1.54) is 257 Å². The minimum Gasteiger partial charge on any atom is -0.462 e. The summed E-state index contributed by atoms with van der Waals surface area (Å²) in [6.45, 7) is 14.3. The Morgan fingerprint density at radius 1 is 0.234 bits per heavy atom. The molecule has 0 amide bonds. The molecule has 0 aromatic carbocycles. The number of hydrogen-bond acceptors (Lipinski definition) is 15. The van der Waals surface area contributed by atoms with Gasteiger partial charge in [0.2, 0.25) is 0 Å². The first-order chi connectivity index (χ1) is 51.6. The van der Waals surface area contributed by atoms with Gasteiger partial charge in [0.15, 0.2) is 12.2 Å². The molecule has 0 aliphatic carbocycles. The van der Waals surface area contributed by atoms with Gasteiger partial charge in [0.05, 0.1) is 26.4 Å². The lowest BCUT2D eigenvalue weighted by Gasteiger charge is -2.21. The predicted octanol–water partition coefficient (Wildman–Crippen LogP) is 26.7. The summed E-state index contributed by atoms with van der Waals surface area (Å²) in [5.74, 6) is 1.01. The molecule has 5 atom stereocenters. The minimum absolute atomic E-state index is 0.107. The summed E-state index contributed by atoms with van der Waals surface area (Å²) in [5, 5.41) is 10.7. The van der Waals surface area contributed by atoms with E-state index in [1.807, 2.05) is 0 Å². The Bertz CT molecular complexity index is 2080. The number of aliphatic hydroxyl groups excluding tert-OH is 1. The normalized spacial score (nSPS) is 13.9. The Balaban J connectivity index is 5.20. The van der Waals surface area contributed by atoms with Crippen LogP contribution in [0.25, 0.3) is 0 Å². The van der Waals surface area contributed by atoms with Crippen molar-refractivity contribution in [2.24, 2.45) is 23.7 Å². The number of unbranched alkanes of at least 4 members (excludes halogenated alkanes) is 51. The van der Waals surface area contributed by atoms with Gasteiger partial charge in [-0.1, -0.05) is 409 Å². The molecule has 0 aliphatic heterocycles. The van der Waals surface area contributed by atoms with Crippen LogP contribution in [0.2, 0.25) is 0 Å². The first-order valence-corrected chi connectivity index (χ1v) is 48.2. The Morgan fingerprint density at radius 3 is 0.579 bits per heavy atom. The van der Waals surface area contributed by atoms with Crippen molar-refractivity contribution in [2.45, 2.75) is 478 Å². The Hall–Kier alpha value is -1.94. The van der Waals surface area contributed by atoms with Crippen LogP contribution in [0, 0.1) is 23.7 Å². The fourth-order valence-corrected chi connectivity index (χ4v) is 15.3. The second-order valence-corrected chi connectivity index (χ2v) is 36.4. The molecule has 3 N–H and O–H groups in total. The van der Waals surface area contributed by atoms with Gasteiger partial charge in [-0.05, 0) is 49.4 Å². The molecule has 0 saturated heterocycles. The van der Waals surface area contributed by atoms with E-state index < -0.39 is 97.5 Å². The van der Waals surface area contributed by atoms with Gasteiger partial charge >= 0.3 is 39.5 Å². The third-order valence-electron chi connectivity index (χ3n) is 20.6. The SMILES string of the molecule is CC(C)CCCCCCCCCCCCCCCCCCCCC(=O)OC[C@H](COP(=O)(O)OCC(O)COP(=O)(O)OC[C@@H](COC(=O)CCCCCCCCC(C)C)OC(=O)CCCCCCCCCCCCCCCCCC(C)C)OC(=O)CCCCCCCCCCCCCCCCCCC(C)C. The van der Waals surface area contributed by atoms with E-state index in [4.69, 9.17) is 37.0 Å². The van der Waals surface area contributed by atoms with Crippen molar-refractivity contribution < 1.29 is 80.2 Å². The molecule has 0 spiro atoms. The molecule has 17 nitrogen and oxygen atoms in total. The second kappa shape index (κ2) is 76.7. The van der Waals surface area contributed by atoms with Gasteiger partial charge in [-0.3, -0.25) is 37.3 Å². The van der Waals surface area contributed by atoms with Gasteiger partial charge in [0, 0.05) is 25.7 Å². The first-order valence-electron chi connectivity index (χ1n) is 45.2. The molecule has 107 heavy (non-hydrogen) atoms. The fraction of sp³-hybridized carbons (Fsp3) is 0.955. The number of rotatable bonds is 85. The molecule has 0 fully saturated rings. The maximum absolute atomic E-state index is 13.2. The second-order valence-electron chi connectivity index (χ2n) is 33.5. The van der Waals surface area contributed by atoms with Gasteiger partial charge < -0.3 is 33.8 Å². The van der Waals surface area contributed by atoms with Crippen LogP contribution in [0.1, 0.15) is 460 Å². The third-order valence-corrected chi connectivity index (χ3v) is 22.5. The molecular formula is C88H172O17P2. The van der Waals surface area contributed by atoms with Crippen LogP contribution in [0.5, 0.6) is 0 Å². The number of ether oxygens (including phenoxy) is 4. The molecular weight excluding hydrogens is 1390 g/mol. The van der Waals surface area contributed by atoms with Gasteiger partial charge in [0.1, 0.15) is 19.3 Å². The monoisotopic (exact) mass is 1560 g/mol. The van der Waals surface area contributed by atoms with E-state index in [-0.39, 0.29) is 25.7 Å². The van der Waals surface area contributed by atoms with Crippen molar-refractivity contribution in [2.75, 3.05) is 39.6 Å². The summed E-state index contributed by atoms with van der Waals surface area (Å²) in [7, 11) is -9.93. The number of carbonyl (C=O) groups excluding carboxylic acids is 4. The van der Waals surface area contributed by atoms with Crippen LogP contribution in [0.15, 0.2) is 0 Å². The molecule has 0 heterocycles. The molecule has 0 bridgehead atoms. The lowest BCUT2D eigenvalue weighted by Crippen LogP contribution is -2.30. The Kier molecular flexibility index (Phi) is 75.3. The van der Waals surface area contributed by atoms with Gasteiger partial charge in [0.25, 0.3) is 0 Å². The number of carbonyl (C=O) groups is 4. The zero-order chi connectivity index (χ0) is 78.8. The lowest BCUT2D eigenvalue weighted by atomic mass is 10.0. The van der Waals surface area contributed by atoms with Gasteiger partial charge in [-0.2, -0.15) is 0 Å². The highest BCUT2D eigenvalue weighted by Gasteiger charge is 2.31. The van der Waals surface area contributed by atoms with Crippen molar-refractivity contribution in [3.63, 3.8) is 0 Å². The highest BCUT2D eigenvalue weighted by molar-refractivity contribution is 7.47. The van der Waals surface area contributed by atoms with E-state index in [2.05, 4.69) is 55.4 Å². The maximum Gasteiger partial charge on any atom is 0.472 e. The van der Waals surface area contributed by atoms with Crippen molar-refractivity contribution in [3.05, 3.63) is 0 Å². The number of phosphoric acid groups is 2. The largest absolute Gasteiger partial charge is 0.472 e.